The van der Waals surface area contributed by atoms with Crippen molar-refractivity contribution in [1.82, 2.24) is 46.7 Å². The van der Waals surface area contributed by atoms with Crippen molar-refractivity contribution in [3.05, 3.63) is 90.1 Å². The number of carbonyl (C=O) groups excluding carboxylic acids is 6. The van der Waals surface area contributed by atoms with Crippen LogP contribution in [0.15, 0.2) is 73.3 Å². The molecule has 0 saturated carbocycles. The molecule has 21 nitrogen and oxygen atoms in total. The summed E-state index contributed by atoms with van der Waals surface area (Å²) < 4.78 is 24.4. The van der Waals surface area contributed by atoms with Gasteiger partial charge in [-0.1, -0.05) is 48.5 Å². The second kappa shape index (κ2) is 25.2. The number of amides is 7. The summed E-state index contributed by atoms with van der Waals surface area (Å²) in [5, 5.41) is 12.2. The highest BCUT2D eigenvalue weighted by molar-refractivity contribution is 7.53. The van der Waals surface area contributed by atoms with Crippen LogP contribution in [-0.2, 0) is 56.8 Å². The van der Waals surface area contributed by atoms with E-state index < -0.39 is 79.9 Å². The lowest BCUT2D eigenvalue weighted by Gasteiger charge is -2.29. The van der Waals surface area contributed by atoms with Gasteiger partial charge in [-0.15, -0.1) is 0 Å². The third-order valence-corrected chi connectivity index (χ3v) is 12.1. The van der Waals surface area contributed by atoms with Crippen molar-refractivity contribution in [2.75, 3.05) is 32.5 Å². The quantitative estimate of drug-likeness (QED) is 0.0240. The molecule has 2 aromatic heterocycles. The van der Waals surface area contributed by atoms with Gasteiger partial charge in [0.2, 0.25) is 23.6 Å². The number of H-pyrrole nitrogens is 2. The molecule has 7 amide bonds. The summed E-state index contributed by atoms with van der Waals surface area (Å²) in [5.41, 5.74) is 22.7. The molecule has 4 rings (SSSR count). The third kappa shape index (κ3) is 15.6. The summed E-state index contributed by atoms with van der Waals surface area (Å²) in [7, 11) is -3.79. The summed E-state index contributed by atoms with van der Waals surface area (Å²) in [4.78, 5) is 91.6. The maximum absolute atomic E-state index is 14.2. The number of unbranched alkanes of at least 4 members (excludes halogenated alkanes) is 1. The Balaban J connectivity index is 1.57. The van der Waals surface area contributed by atoms with Crippen LogP contribution >= 0.6 is 7.60 Å². The molecule has 5 atom stereocenters. The van der Waals surface area contributed by atoms with E-state index in [0.29, 0.717) is 36.2 Å². The van der Waals surface area contributed by atoms with Gasteiger partial charge in [-0.2, -0.15) is 0 Å². The molecule has 0 unspecified atom stereocenters. The number of aromatic amines is 2. The number of nitrogens with one attached hydrogen (secondary N) is 7. The van der Waals surface area contributed by atoms with Gasteiger partial charge < -0.3 is 57.5 Å². The summed E-state index contributed by atoms with van der Waals surface area (Å²) in [6, 6.07) is 9.20. The zero-order valence-corrected chi connectivity index (χ0v) is 37.2. The van der Waals surface area contributed by atoms with E-state index in [4.69, 9.17) is 26.2 Å². The van der Waals surface area contributed by atoms with Crippen LogP contribution in [-0.4, -0.2) is 118 Å². The number of carbonyl (C=O) groups is 6. The normalized spacial score (nSPS) is 13.8. The number of benzene rings is 2. The fourth-order valence-electron chi connectivity index (χ4n) is 6.67. The first-order valence-corrected chi connectivity index (χ1v) is 22.9. The number of hydrogen-bond donors (Lipinski definition) is 10. The number of rotatable bonds is 26. The zero-order valence-electron chi connectivity index (χ0n) is 36.3. The van der Waals surface area contributed by atoms with Crippen molar-refractivity contribution < 1.29 is 42.4 Å². The number of nitrogens with zero attached hydrogens (tertiary/aromatic N) is 2. The standard InChI is InChI=1S/C42H61N12O9P/c1-4-62-64(61,63-5-2)20-19-54(42(60)52-35(21-28-13-7-6-8-14-28)41(59)50-34(37(45)55)17-11-12-18-43)53-38(56)27(3)49-40(58)36(22-29-24-47-33-16-10-9-15-31(29)33)51-39(57)32(44)23-30-25-46-26-48-30/h6-10,13-16,24-27,32,34-36,47H,4-5,11-12,17-23,43-44H2,1-3H3,(H2,45,55)(H,46,48)(H,49,58)(H,50,59)(H,51,57)(H,52,60)(H,53,56)/t27-,32-,34-,35+,36+/m0/s1. The van der Waals surface area contributed by atoms with Gasteiger partial charge in [-0.25, -0.2) is 14.8 Å². The molecule has 0 radical (unpaired) electrons. The maximum Gasteiger partial charge on any atom is 0.336 e. The van der Waals surface area contributed by atoms with Crippen LogP contribution in [0.2, 0.25) is 0 Å². The second-order valence-electron chi connectivity index (χ2n) is 15.0. The van der Waals surface area contributed by atoms with Gasteiger partial charge in [0, 0.05) is 48.3 Å². The number of aromatic nitrogens is 3. The lowest BCUT2D eigenvalue weighted by Crippen LogP contribution is -2.61. The first kappa shape index (κ1) is 50.5. The van der Waals surface area contributed by atoms with Gasteiger partial charge in [0.1, 0.15) is 24.2 Å². The average molecular weight is 909 g/mol. The molecule has 348 valence electrons. The summed E-state index contributed by atoms with van der Waals surface area (Å²) >= 11 is 0. The van der Waals surface area contributed by atoms with Crippen LogP contribution in [0.1, 0.15) is 56.9 Å². The van der Waals surface area contributed by atoms with Crippen LogP contribution in [0.3, 0.4) is 0 Å². The van der Waals surface area contributed by atoms with E-state index in [1.807, 2.05) is 24.3 Å². The first-order chi connectivity index (χ1) is 30.7. The molecule has 2 heterocycles. The number of hydrazine groups is 1. The molecule has 64 heavy (non-hydrogen) atoms. The van der Waals surface area contributed by atoms with Gasteiger partial charge in [-0.05, 0) is 63.8 Å². The van der Waals surface area contributed by atoms with Gasteiger partial charge in [0.25, 0.3) is 5.91 Å². The highest BCUT2D eigenvalue weighted by atomic mass is 31.2. The number of fused-ring (bicyclic) bond motifs is 1. The Kier molecular flexibility index (Phi) is 19.9. The molecule has 2 aromatic carbocycles. The summed E-state index contributed by atoms with van der Waals surface area (Å²) in [5.74, 6) is -3.77. The van der Waals surface area contributed by atoms with E-state index in [9.17, 15) is 33.3 Å². The van der Waals surface area contributed by atoms with Gasteiger partial charge in [-0.3, -0.25) is 34.0 Å². The Bertz CT molecular complexity index is 2180. The lowest BCUT2D eigenvalue weighted by atomic mass is 10.0. The predicted molar refractivity (Wildman–Crippen MR) is 239 cm³/mol. The third-order valence-electron chi connectivity index (χ3n) is 10.1. The van der Waals surface area contributed by atoms with Crippen molar-refractivity contribution in [3.63, 3.8) is 0 Å². The minimum atomic E-state index is -3.79. The largest absolute Gasteiger partial charge is 0.368 e. The summed E-state index contributed by atoms with van der Waals surface area (Å²) in [6.07, 6.45) is 5.72. The lowest BCUT2D eigenvalue weighted by molar-refractivity contribution is -0.133. The van der Waals surface area contributed by atoms with E-state index in [1.165, 1.54) is 19.4 Å². The van der Waals surface area contributed by atoms with Crippen molar-refractivity contribution >= 4 is 54.1 Å². The molecule has 0 spiro atoms. The fraction of sp³-hybridized carbons (Fsp3) is 0.452. The number of para-hydroxylation sites is 1. The van der Waals surface area contributed by atoms with Crippen LogP contribution < -0.4 is 43.9 Å². The van der Waals surface area contributed by atoms with E-state index in [0.717, 1.165) is 15.9 Å². The van der Waals surface area contributed by atoms with Gasteiger partial charge in [0.15, 0.2) is 0 Å². The van der Waals surface area contributed by atoms with Crippen molar-refractivity contribution in [3.8, 4) is 0 Å². The molecule has 13 N–H and O–H groups in total. The molecule has 0 fully saturated rings. The molecule has 0 aliphatic heterocycles. The molecule has 22 heteroatoms. The molecular weight excluding hydrogens is 848 g/mol. The monoisotopic (exact) mass is 908 g/mol. The molecule has 4 aromatic rings. The van der Waals surface area contributed by atoms with Crippen LogP contribution in [0.5, 0.6) is 0 Å². The Labute approximate surface area is 371 Å². The highest BCUT2D eigenvalue weighted by Crippen LogP contribution is 2.47. The van der Waals surface area contributed by atoms with E-state index in [2.05, 4.69) is 41.6 Å². The van der Waals surface area contributed by atoms with Crippen molar-refractivity contribution in [2.24, 2.45) is 17.2 Å². The van der Waals surface area contributed by atoms with Crippen molar-refractivity contribution in [1.29, 1.82) is 0 Å². The highest BCUT2D eigenvalue weighted by Gasteiger charge is 2.33. The van der Waals surface area contributed by atoms with Crippen molar-refractivity contribution in [2.45, 2.75) is 89.5 Å². The fourth-order valence-corrected chi connectivity index (χ4v) is 8.24. The SMILES string of the molecule is CCOP(=O)(CCN(NC(=O)[C@H](C)NC(=O)[C@@H](Cc1c[nH]c2ccccc12)NC(=O)[C@@H](N)Cc1cnc[nH]1)C(=O)N[C@H](Cc1ccccc1)C(=O)N[C@@H](CCCCN)C(N)=O)OCC. The van der Waals surface area contributed by atoms with E-state index >= 15 is 0 Å². The van der Waals surface area contributed by atoms with Crippen LogP contribution in [0.25, 0.3) is 10.9 Å². The first-order valence-electron chi connectivity index (χ1n) is 21.2. The molecule has 0 saturated heterocycles. The number of hydrogen-bond acceptors (Lipinski definition) is 12. The molecule has 0 bridgehead atoms. The Morgan fingerprint density at radius 3 is 2.11 bits per heavy atom. The average Bonchev–Trinajstić information content (AvgIpc) is 3.94. The number of primary amides is 1. The number of imidazole rings is 1. The Hall–Kier alpha value is -6.12. The molecule has 0 aliphatic carbocycles. The zero-order chi connectivity index (χ0) is 46.6. The Morgan fingerprint density at radius 1 is 0.797 bits per heavy atom. The van der Waals surface area contributed by atoms with E-state index in [1.54, 1.807) is 50.4 Å². The smallest absolute Gasteiger partial charge is 0.336 e. The van der Waals surface area contributed by atoms with Crippen LogP contribution in [0, 0.1) is 0 Å². The summed E-state index contributed by atoms with van der Waals surface area (Å²) in [6.45, 7) is 4.58. The van der Waals surface area contributed by atoms with Crippen LogP contribution in [0.4, 0.5) is 4.79 Å². The topological polar surface area (TPSA) is 324 Å². The molecule has 0 aliphatic rings. The molecular formula is C42H61N12O9P. The Morgan fingerprint density at radius 2 is 1.45 bits per heavy atom. The number of nitrogens with two attached hydrogens (primary N) is 3. The minimum Gasteiger partial charge on any atom is -0.368 e. The second-order valence-corrected chi connectivity index (χ2v) is 17.2. The van der Waals surface area contributed by atoms with E-state index in [-0.39, 0.29) is 45.1 Å². The number of urea groups is 1. The van der Waals surface area contributed by atoms with Gasteiger partial charge in [0.05, 0.1) is 38.3 Å². The maximum atomic E-state index is 14.2. The van der Waals surface area contributed by atoms with Gasteiger partial charge >= 0.3 is 13.6 Å². The minimum absolute atomic E-state index is 0.0138. The predicted octanol–water partition coefficient (Wildman–Crippen LogP) is 1.01.